The largest absolute Gasteiger partial charge is 0.375 e. The van der Waals surface area contributed by atoms with Gasteiger partial charge in [0.05, 0.1) is 15.3 Å². The van der Waals surface area contributed by atoms with Crippen LogP contribution in [0.3, 0.4) is 0 Å². The number of fused-ring (bicyclic) bond motifs is 1. The highest BCUT2D eigenvalue weighted by molar-refractivity contribution is 7.99. The molecule has 1 amide bonds. The van der Waals surface area contributed by atoms with Crippen LogP contribution in [-0.4, -0.2) is 101 Å². The Morgan fingerprint density at radius 3 is 2.42 bits per heavy atom. The van der Waals surface area contributed by atoms with Crippen LogP contribution in [0.2, 0.25) is 5.02 Å². The zero-order chi connectivity index (χ0) is 41.5. The van der Waals surface area contributed by atoms with Gasteiger partial charge in [-0.15, -0.1) is 0 Å². The molecule has 1 unspecified atom stereocenters. The Labute approximate surface area is 351 Å². The molecule has 1 fully saturated rings. The molecule has 0 saturated carbocycles. The fourth-order valence-corrected chi connectivity index (χ4v) is 8.82. The van der Waals surface area contributed by atoms with Gasteiger partial charge in [-0.05, 0) is 65.2 Å². The van der Waals surface area contributed by atoms with Crippen LogP contribution in [-0.2, 0) is 21.4 Å². The van der Waals surface area contributed by atoms with Crippen LogP contribution < -0.4 is 14.9 Å². The van der Waals surface area contributed by atoms with E-state index in [2.05, 4.69) is 58.0 Å². The van der Waals surface area contributed by atoms with E-state index in [4.69, 9.17) is 11.6 Å². The van der Waals surface area contributed by atoms with Crippen molar-refractivity contribution in [3.63, 3.8) is 0 Å². The van der Waals surface area contributed by atoms with E-state index in [1.54, 1.807) is 38.6 Å². The number of benzene rings is 4. The summed E-state index contributed by atoms with van der Waals surface area (Å²) >= 11 is 7.70. The molecule has 1 saturated heterocycles. The van der Waals surface area contributed by atoms with Crippen LogP contribution in [0.1, 0.15) is 12.0 Å². The van der Waals surface area contributed by atoms with Gasteiger partial charge < -0.3 is 15.1 Å². The Morgan fingerprint density at radius 1 is 0.932 bits per heavy atom. The number of hydrogen-bond donors (Lipinski definition) is 2. The van der Waals surface area contributed by atoms with Gasteiger partial charge in [-0.3, -0.25) is 24.5 Å². The van der Waals surface area contributed by atoms with Crippen molar-refractivity contribution in [1.29, 1.82) is 0 Å². The Hall–Kier alpha value is -5.88. The second kappa shape index (κ2) is 18.4. The summed E-state index contributed by atoms with van der Waals surface area (Å²) in [6, 6.07) is 26.6. The number of anilines is 3. The van der Waals surface area contributed by atoms with E-state index in [0.29, 0.717) is 26.8 Å². The van der Waals surface area contributed by atoms with Gasteiger partial charge >= 0.3 is 0 Å². The highest BCUT2D eigenvalue weighted by atomic mass is 35.5. The summed E-state index contributed by atoms with van der Waals surface area (Å²) in [6.07, 6.45) is 4.48. The first-order chi connectivity index (χ1) is 28.4. The standard InChI is InChI=1S/C41H41ClN10O5S2/c1-49(2)39(53)22-31(26-58-41-43-15-6-16-44-41)47-36-14-11-33(24-38(36)52(54)55)59(56,57)48-40-35-13-10-32(23-37(35)45-27-46-40)51-19-17-50(18-20-51)25-29-21-30(42)9-12-34(29)28-7-4-3-5-8-28/h3-16,21,23-24,27,31,47H,17-20,22,25-26H2,1-2H3,(H,45,46,48). The number of halogens is 1. The number of rotatable bonds is 15. The molecule has 7 rings (SSSR count). The van der Waals surface area contributed by atoms with Gasteiger partial charge in [0.15, 0.2) is 11.0 Å². The normalized spacial score (nSPS) is 13.8. The fourth-order valence-electron chi connectivity index (χ4n) is 6.76. The zero-order valence-corrected chi connectivity index (χ0v) is 34.6. The van der Waals surface area contributed by atoms with Gasteiger partial charge in [-0.2, -0.15) is 0 Å². The number of thioether (sulfide) groups is 1. The molecule has 1 aliphatic heterocycles. The molecular weight excluding hydrogens is 812 g/mol. The quantitative estimate of drug-likeness (QED) is 0.0476. The highest BCUT2D eigenvalue weighted by Gasteiger charge is 2.26. The number of piperazine rings is 1. The van der Waals surface area contributed by atoms with Crippen LogP contribution >= 0.6 is 23.4 Å². The van der Waals surface area contributed by atoms with Gasteiger partial charge in [0, 0.05) is 99.6 Å². The van der Waals surface area contributed by atoms with E-state index in [1.165, 1.54) is 40.7 Å². The molecule has 59 heavy (non-hydrogen) atoms. The molecule has 0 aliphatic carbocycles. The van der Waals surface area contributed by atoms with Gasteiger partial charge in [-0.25, -0.2) is 28.4 Å². The Kier molecular flexibility index (Phi) is 12.9. The minimum atomic E-state index is -4.35. The van der Waals surface area contributed by atoms with Crippen LogP contribution in [0.4, 0.5) is 22.9 Å². The van der Waals surface area contributed by atoms with E-state index in [9.17, 15) is 23.3 Å². The minimum Gasteiger partial charge on any atom is -0.375 e. The zero-order valence-electron chi connectivity index (χ0n) is 32.2. The molecule has 0 bridgehead atoms. The maximum atomic E-state index is 13.7. The first-order valence-electron chi connectivity index (χ1n) is 18.7. The number of carbonyl (C=O) groups is 1. The Bertz CT molecular complexity index is 2560. The summed E-state index contributed by atoms with van der Waals surface area (Å²) in [5.41, 5.74) is 4.54. The van der Waals surface area contributed by atoms with E-state index in [1.807, 2.05) is 42.5 Å². The number of nitro benzene ring substituents is 1. The molecule has 3 heterocycles. The molecular formula is C41H41ClN10O5S2. The third-order valence-electron chi connectivity index (χ3n) is 9.85. The maximum absolute atomic E-state index is 13.7. The van der Waals surface area contributed by atoms with E-state index in [0.717, 1.165) is 55.6 Å². The van der Waals surface area contributed by atoms with Gasteiger partial charge in [0.25, 0.3) is 15.7 Å². The average molecular weight is 853 g/mol. The number of carbonyl (C=O) groups excluding carboxylic acids is 1. The van der Waals surface area contributed by atoms with Crippen LogP contribution in [0.5, 0.6) is 0 Å². The SMILES string of the molecule is CN(C)C(=O)CC(CSc1ncccn1)Nc1ccc(S(=O)(=O)Nc2ncnc3cc(N4CCN(Cc5cc(Cl)ccc5-c5ccccc5)CC4)ccc23)cc1[N+](=O)[O-]. The highest BCUT2D eigenvalue weighted by Crippen LogP contribution is 2.33. The fraction of sp³-hybridized carbons (Fsp3) is 0.244. The lowest BCUT2D eigenvalue weighted by Gasteiger charge is -2.36. The second-order valence-electron chi connectivity index (χ2n) is 14.1. The summed E-state index contributed by atoms with van der Waals surface area (Å²) in [5.74, 6) is 0.146. The Balaban J connectivity index is 1.04. The molecule has 1 aliphatic rings. The number of sulfonamides is 1. The predicted octanol–water partition coefficient (Wildman–Crippen LogP) is 6.82. The number of nitrogens with zero attached hydrogens (tertiary/aromatic N) is 8. The first-order valence-corrected chi connectivity index (χ1v) is 21.5. The molecule has 18 heteroatoms. The van der Waals surface area contributed by atoms with Crippen molar-refractivity contribution < 1.29 is 18.1 Å². The van der Waals surface area contributed by atoms with Crippen molar-refractivity contribution in [3.8, 4) is 11.1 Å². The average Bonchev–Trinajstić information content (AvgIpc) is 3.23. The minimum absolute atomic E-state index is 0.0181. The van der Waals surface area contributed by atoms with E-state index in [-0.39, 0.29) is 28.7 Å². The van der Waals surface area contributed by atoms with Crippen molar-refractivity contribution in [2.24, 2.45) is 0 Å². The molecule has 1 atom stereocenters. The maximum Gasteiger partial charge on any atom is 0.293 e. The predicted molar refractivity (Wildman–Crippen MR) is 231 cm³/mol. The van der Waals surface area contributed by atoms with Gasteiger partial charge in [-0.1, -0.05) is 59.8 Å². The third-order valence-corrected chi connectivity index (χ3v) is 12.5. The number of nitro groups is 1. The summed E-state index contributed by atoms with van der Waals surface area (Å²) in [5, 5.41) is 17.0. The van der Waals surface area contributed by atoms with Gasteiger partial charge in [0.1, 0.15) is 12.0 Å². The van der Waals surface area contributed by atoms with Crippen molar-refractivity contribution in [3.05, 3.63) is 130 Å². The van der Waals surface area contributed by atoms with E-state index < -0.39 is 26.7 Å². The van der Waals surface area contributed by atoms with Gasteiger partial charge in [0.2, 0.25) is 5.91 Å². The lowest BCUT2D eigenvalue weighted by Crippen LogP contribution is -2.46. The summed E-state index contributed by atoms with van der Waals surface area (Å²) in [4.78, 5) is 47.1. The molecule has 6 aromatic rings. The summed E-state index contributed by atoms with van der Waals surface area (Å²) in [7, 11) is -1.11. The molecule has 0 spiro atoms. The number of hydrogen-bond acceptors (Lipinski definition) is 13. The molecule has 0 radical (unpaired) electrons. The van der Waals surface area contributed by atoms with Crippen LogP contribution in [0, 0.1) is 10.1 Å². The summed E-state index contributed by atoms with van der Waals surface area (Å²) in [6.45, 7) is 3.95. The van der Waals surface area contributed by atoms with Crippen molar-refractivity contribution in [1.82, 2.24) is 29.7 Å². The molecule has 15 nitrogen and oxygen atoms in total. The Morgan fingerprint density at radius 2 is 1.69 bits per heavy atom. The third kappa shape index (κ3) is 10.2. The molecule has 304 valence electrons. The molecule has 2 aromatic heterocycles. The van der Waals surface area contributed by atoms with Crippen molar-refractivity contribution >= 4 is 73.1 Å². The summed E-state index contributed by atoms with van der Waals surface area (Å²) < 4.78 is 30.0. The second-order valence-corrected chi connectivity index (χ2v) is 17.2. The molecule has 2 N–H and O–H groups in total. The van der Waals surface area contributed by atoms with Crippen molar-refractivity contribution in [2.45, 2.75) is 29.1 Å². The van der Waals surface area contributed by atoms with Crippen molar-refractivity contribution in [2.75, 3.05) is 61.0 Å². The van der Waals surface area contributed by atoms with Crippen LogP contribution in [0.25, 0.3) is 22.0 Å². The monoisotopic (exact) mass is 852 g/mol. The van der Waals surface area contributed by atoms with Crippen LogP contribution in [0.15, 0.2) is 120 Å². The number of nitrogens with one attached hydrogen (secondary N) is 2. The lowest BCUT2D eigenvalue weighted by atomic mass is 9.99. The number of amides is 1. The first kappa shape index (κ1) is 41.3. The molecule has 4 aromatic carbocycles. The number of aromatic nitrogens is 4. The smallest absolute Gasteiger partial charge is 0.293 e. The van der Waals surface area contributed by atoms with E-state index >= 15 is 0 Å². The lowest BCUT2D eigenvalue weighted by molar-refractivity contribution is -0.384. The topological polar surface area (TPSA) is 180 Å².